The summed E-state index contributed by atoms with van der Waals surface area (Å²) in [5.41, 5.74) is 9.07. The second kappa shape index (κ2) is 4.03. The molecular weight excluding hydrogens is 186 g/mol. The highest BCUT2D eigenvalue weighted by Gasteiger charge is 2.06. The molecule has 2 aromatic rings. The van der Waals surface area contributed by atoms with Crippen LogP contribution in [0.3, 0.4) is 0 Å². The SMILES string of the molecule is [2H]C([2H])([2H])C(N=[N+]=[N-])c1cccc2ccccc12. The van der Waals surface area contributed by atoms with Gasteiger partial charge in [-0.25, -0.2) is 0 Å². The van der Waals surface area contributed by atoms with Crippen molar-refractivity contribution in [2.24, 2.45) is 5.11 Å². The molecule has 0 aliphatic rings. The van der Waals surface area contributed by atoms with Crippen LogP contribution in [0.15, 0.2) is 47.6 Å². The Hall–Kier alpha value is -1.99. The van der Waals surface area contributed by atoms with Crippen LogP contribution in [0.5, 0.6) is 0 Å². The molecule has 0 fully saturated rings. The van der Waals surface area contributed by atoms with Crippen LogP contribution in [-0.4, -0.2) is 0 Å². The first-order chi connectivity index (χ1) is 8.54. The van der Waals surface area contributed by atoms with Crippen molar-refractivity contribution < 1.29 is 4.11 Å². The van der Waals surface area contributed by atoms with Crippen molar-refractivity contribution in [2.75, 3.05) is 0 Å². The first-order valence-corrected chi connectivity index (χ1v) is 4.56. The van der Waals surface area contributed by atoms with Crippen LogP contribution in [0.4, 0.5) is 0 Å². The molecule has 2 rings (SSSR count). The van der Waals surface area contributed by atoms with Gasteiger partial charge in [-0.15, -0.1) is 0 Å². The van der Waals surface area contributed by atoms with Crippen LogP contribution in [-0.2, 0) is 0 Å². The fourth-order valence-electron chi connectivity index (χ4n) is 1.60. The van der Waals surface area contributed by atoms with Crippen LogP contribution >= 0.6 is 0 Å². The van der Waals surface area contributed by atoms with Gasteiger partial charge in [-0.2, -0.15) is 0 Å². The normalized spacial score (nSPS) is 15.9. The third-order valence-electron chi connectivity index (χ3n) is 2.29. The van der Waals surface area contributed by atoms with E-state index in [1.165, 1.54) is 0 Å². The monoisotopic (exact) mass is 200 g/mol. The number of rotatable bonds is 2. The lowest BCUT2D eigenvalue weighted by molar-refractivity contribution is 0.816. The van der Waals surface area contributed by atoms with Gasteiger partial charge in [-0.1, -0.05) is 54.4 Å². The van der Waals surface area contributed by atoms with E-state index in [1.54, 1.807) is 12.1 Å². The van der Waals surface area contributed by atoms with E-state index in [1.807, 2.05) is 30.3 Å². The van der Waals surface area contributed by atoms with Gasteiger partial charge in [0.15, 0.2) is 0 Å². The van der Waals surface area contributed by atoms with E-state index in [-0.39, 0.29) is 0 Å². The Labute approximate surface area is 92.2 Å². The third-order valence-corrected chi connectivity index (χ3v) is 2.29. The van der Waals surface area contributed by atoms with Crippen molar-refractivity contribution in [1.82, 2.24) is 0 Å². The van der Waals surface area contributed by atoms with E-state index in [2.05, 4.69) is 10.0 Å². The van der Waals surface area contributed by atoms with Gasteiger partial charge in [0.2, 0.25) is 0 Å². The molecule has 0 amide bonds. The maximum atomic E-state index is 8.54. The van der Waals surface area contributed by atoms with Crippen LogP contribution in [0, 0.1) is 0 Å². The van der Waals surface area contributed by atoms with E-state index >= 15 is 0 Å². The van der Waals surface area contributed by atoms with E-state index in [4.69, 9.17) is 9.64 Å². The Balaban J connectivity index is 2.68. The lowest BCUT2D eigenvalue weighted by atomic mass is 10.0. The Morgan fingerprint density at radius 2 is 2.07 bits per heavy atom. The molecule has 15 heavy (non-hydrogen) atoms. The highest BCUT2D eigenvalue weighted by Crippen LogP contribution is 2.26. The Kier molecular flexibility index (Phi) is 1.74. The van der Waals surface area contributed by atoms with Crippen molar-refractivity contribution in [3.8, 4) is 0 Å². The lowest BCUT2D eigenvalue weighted by Gasteiger charge is -2.08. The Bertz CT molecular complexity index is 610. The molecule has 3 nitrogen and oxygen atoms in total. The summed E-state index contributed by atoms with van der Waals surface area (Å²) >= 11 is 0. The molecule has 0 N–H and O–H groups in total. The quantitative estimate of drug-likeness (QED) is 0.396. The van der Waals surface area contributed by atoms with E-state index in [0.29, 0.717) is 5.56 Å². The molecule has 0 heterocycles. The van der Waals surface area contributed by atoms with Crippen LogP contribution in [0.25, 0.3) is 21.2 Å². The molecule has 0 saturated heterocycles. The molecule has 1 unspecified atom stereocenters. The molecule has 0 aromatic heterocycles. The van der Waals surface area contributed by atoms with Gasteiger partial charge < -0.3 is 0 Å². The molecule has 0 bridgehead atoms. The van der Waals surface area contributed by atoms with Crippen LogP contribution in [0.1, 0.15) is 22.6 Å². The summed E-state index contributed by atoms with van der Waals surface area (Å²) in [6.45, 7) is -2.35. The summed E-state index contributed by atoms with van der Waals surface area (Å²) in [6.07, 6.45) is 0. The molecular formula is C12H11N3. The number of fused-ring (bicyclic) bond motifs is 1. The minimum Gasteiger partial charge on any atom is -0.0862 e. The third kappa shape index (κ3) is 1.78. The lowest BCUT2D eigenvalue weighted by Crippen LogP contribution is -1.89. The second-order valence-electron chi connectivity index (χ2n) is 3.18. The zero-order valence-electron chi connectivity index (χ0n) is 11.0. The maximum absolute atomic E-state index is 8.54. The number of nitrogens with zero attached hydrogens (tertiary/aromatic N) is 3. The molecule has 0 spiro atoms. The predicted molar refractivity (Wildman–Crippen MR) is 61.5 cm³/mol. The Morgan fingerprint density at radius 1 is 1.27 bits per heavy atom. The summed E-state index contributed by atoms with van der Waals surface area (Å²) in [5, 5.41) is 5.16. The molecule has 0 aliphatic carbocycles. The standard InChI is InChI=1S/C12H11N3/c1-9(14-15-13)11-8-4-6-10-5-2-3-7-12(10)11/h2-9H,1H3/i1D3. The van der Waals surface area contributed by atoms with Gasteiger partial charge in [0, 0.05) is 9.02 Å². The minimum atomic E-state index is -2.35. The first-order valence-electron chi connectivity index (χ1n) is 6.06. The number of hydrogen-bond donors (Lipinski definition) is 0. The summed E-state index contributed by atoms with van der Waals surface area (Å²) in [5.74, 6) is 0. The van der Waals surface area contributed by atoms with Gasteiger partial charge in [0.05, 0.1) is 6.04 Å². The predicted octanol–water partition coefficient (Wildman–Crippen LogP) is 4.21. The molecule has 0 radical (unpaired) electrons. The summed E-state index contributed by atoms with van der Waals surface area (Å²) < 4.78 is 22.4. The summed E-state index contributed by atoms with van der Waals surface area (Å²) in [6, 6.07) is 11.6. The minimum absolute atomic E-state index is 0.533. The van der Waals surface area contributed by atoms with Gasteiger partial charge >= 0.3 is 0 Å². The molecule has 74 valence electrons. The van der Waals surface area contributed by atoms with Crippen molar-refractivity contribution >= 4 is 10.8 Å². The second-order valence-corrected chi connectivity index (χ2v) is 3.18. The Morgan fingerprint density at radius 3 is 2.87 bits per heavy atom. The van der Waals surface area contributed by atoms with Gasteiger partial charge in [-0.05, 0) is 21.9 Å². The number of hydrogen-bond acceptors (Lipinski definition) is 1. The fourth-order valence-corrected chi connectivity index (χ4v) is 1.60. The summed E-state index contributed by atoms with van der Waals surface area (Å²) in [4.78, 5) is 2.65. The molecule has 1 atom stereocenters. The van der Waals surface area contributed by atoms with E-state index < -0.39 is 12.9 Å². The highest BCUT2D eigenvalue weighted by molar-refractivity contribution is 5.86. The van der Waals surface area contributed by atoms with Gasteiger partial charge in [0.1, 0.15) is 0 Å². The number of benzene rings is 2. The van der Waals surface area contributed by atoms with Gasteiger partial charge in [0.25, 0.3) is 0 Å². The topological polar surface area (TPSA) is 48.8 Å². The largest absolute Gasteiger partial charge is 0.0862 e. The zero-order chi connectivity index (χ0) is 13.2. The molecule has 0 saturated carbocycles. The smallest absolute Gasteiger partial charge is 0.0603 e. The average molecular weight is 200 g/mol. The summed E-state index contributed by atoms with van der Waals surface area (Å²) in [7, 11) is 0. The van der Waals surface area contributed by atoms with E-state index in [0.717, 1.165) is 10.8 Å². The molecule has 3 heteroatoms. The number of azide groups is 1. The van der Waals surface area contributed by atoms with E-state index in [9.17, 15) is 0 Å². The molecule has 2 aromatic carbocycles. The van der Waals surface area contributed by atoms with Crippen molar-refractivity contribution in [2.45, 2.75) is 12.9 Å². The van der Waals surface area contributed by atoms with Crippen LogP contribution in [0.2, 0.25) is 0 Å². The van der Waals surface area contributed by atoms with Crippen molar-refractivity contribution in [3.63, 3.8) is 0 Å². The fraction of sp³-hybridized carbons (Fsp3) is 0.167. The van der Waals surface area contributed by atoms with Crippen LogP contribution < -0.4 is 0 Å². The maximum Gasteiger partial charge on any atom is 0.0603 e. The average Bonchev–Trinajstić information content (AvgIpc) is 2.34. The molecule has 0 aliphatic heterocycles. The van der Waals surface area contributed by atoms with Crippen molar-refractivity contribution in [3.05, 3.63) is 58.5 Å². The highest BCUT2D eigenvalue weighted by atomic mass is 15.1. The first kappa shape index (κ1) is 6.49. The zero-order valence-corrected chi connectivity index (χ0v) is 7.96. The van der Waals surface area contributed by atoms with Gasteiger partial charge in [-0.3, -0.25) is 0 Å². The van der Waals surface area contributed by atoms with Crippen molar-refractivity contribution in [1.29, 1.82) is 0 Å².